The highest BCUT2D eigenvalue weighted by Gasteiger charge is 2.44. The first kappa shape index (κ1) is 35.7. The first-order valence-corrected chi connectivity index (χ1v) is 17.3. The molecule has 0 bridgehead atoms. The Kier molecular flexibility index (Phi) is 11.8. The van der Waals surface area contributed by atoms with E-state index in [1.807, 2.05) is 74.5 Å². The molecule has 2 unspecified atom stereocenters. The highest BCUT2D eigenvalue weighted by atomic mass is 32.2. The number of benzene rings is 3. The quantitative estimate of drug-likeness (QED) is 0.139. The molecule has 1 aliphatic carbocycles. The summed E-state index contributed by atoms with van der Waals surface area (Å²) in [5, 5.41) is 8.45. The summed E-state index contributed by atoms with van der Waals surface area (Å²) in [7, 11) is 3.43. The van der Waals surface area contributed by atoms with Crippen LogP contribution < -0.4 is 10.0 Å². The highest BCUT2D eigenvalue weighted by molar-refractivity contribution is 7.80. The van der Waals surface area contributed by atoms with Crippen LogP contribution >= 0.6 is 0 Å². The van der Waals surface area contributed by atoms with Crippen LogP contribution in [0.15, 0.2) is 90.5 Å². The van der Waals surface area contributed by atoms with Crippen molar-refractivity contribution in [2.45, 2.75) is 57.6 Å². The molecule has 1 saturated heterocycles. The molecule has 260 valence electrons. The number of carbonyl (C=O) groups is 3. The molecular weight excluding hydrogens is 644 g/mol. The van der Waals surface area contributed by atoms with Crippen molar-refractivity contribution in [1.82, 2.24) is 25.1 Å². The van der Waals surface area contributed by atoms with E-state index >= 15 is 0 Å². The lowest BCUT2D eigenvalue weighted by molar-refractivity contribution is -0.168. The van der Waals surface area contributed by atoms with Gasteiger partial charge in [-0.1, -0.05) is 72.8 Å². The number of urea groups is 1. The topological polar surface area (TPSA) is 135 Å². The Morgan fingerprint density at radius 1 is 1.12 bits per heavy atom. The van der Waals surface area contributed by atoms with Gasteiger partial charge in [-0.25, -0.2) is 9.00 Å². The van der Waals surface area contributed by atoms with Gasteiger partial charge in [0.25, 0.3) is 11.3 Å². The maximum Gasteiger partial charge on any atom is 0.332 e. The van der Waals surface area contributed by atoms with Gasteiger partial charge in [-0.3, -0.25) is 23.9 Å². The summed E-state index contributed by atoms with van der Waals surface area (Å²) < 4.78 is 28.2. The number of likely N-dealkylation sites (N-methyl/N-ethyl adjacent to an activating group) is 1. The summed E-state index contributed by atoms with van der Waals surface area (Å²) in [6, 6.07) is 19.3. The minimum atomic E-state index is -2.22. The first-order chi connectivity index (χ1) is 23.6. The van der Waals surface area contributed by atoms with Gasteiger partial charge in [-0.2, -0.15) is 5.01 Å². The van der Waals surface area contributed by atoms with E-state index in [2.05, 4.69) is 10.0 Å². The standard InChI is InChI=1S/C36H44N6O6S/c1-25(2)42(36(45)37-21-27-14-18-31(48-4)19-15-27)39(3)34-23-40(22-29-10-7-9-28-8-5-6-11-32(28)29)35(44)33(41(34)24-43)20-26-12-16-30(17-13-26)38-49(46)47/h5-18,24-25,31,33-34,38H,19-23H2,1-4H3,(H,37,45)(H,46,47)/t31?,33-,34+/m0/s1. The molecule has 49 heavy (non-hydrogen) atoms. The number of methoxy groups -OCH3 is 1. The van der Waals surface area contributed by atoms with Crippen molar-refractivity contribution in [1.29, 1.82) is 0 Å². The fraction of sp³-hybridized carbons (Fsp3) is 0.361. The van der Waals surface area contributed by atoms with Crippen LogP contribution in [0, 0.1) is 0 Å². The summed E-state index contributed by atoms with van der Waals surface area (Å²) in [5.41, 5.74) is 3.15. The Morgan fingerprint density at radius 3 is 2.51 bits per heavy atom. The monoisotopic (exact) mass is 688 g/mol. The minimum absolute atomic E-state index is 0.0199. The average Bonchev–Trinajstić information content (AvgIpc) is 3.09. The molecule has 4 amide bonds. The van der Waals surface area contributed by atoms with E-state index in [-0.39, 0.29) is 37.0 Å². The molecule has 2 aliphatic rings. The number of rotatable bonds is 13. The Labute approximate surface area is 289 Å². The second kappa shape index (κ2) is 16.2. The Hall–Kier alpha value is -4.56. The van der Waals surface area contributed by atoms with Gasteiger partial charge < -0.3 is 19.9 Å². The molecule has 0 spiro atoms. The van der Waals surface area contributed by atoms with Crippen molar-refractivity contribution >= 4 is 46.1 Å². The van der Waals surface area contributed by atoms with Gasteiger partial charge >= 0.3 is 6.03 Å². The number of nitrogens with one attached hydrogen (secondary N) is 2. The van der Waals surface area contributed by atoms with Crippen LogP contribution in [0.4, 0.5) is 10.5 Å². The van der Waals surface area contributed by atoms with Crippen molar-refractivity contribution in [3.8, 4) is 0 Å². The summed E-state index contributed by atoms with van der Waals surface area (Å²) in [5.74, 6) is -0.214. The number of amides is 4. The third-order valence-corrected chi connectivity index (χ3v) is 9.40. The van der Waals surface area contributed by atoms with Gasteiger partial charge in [0.15, 0.2) is 0 Å². The third kappa shape index (κ3) is 8.54. The maximum atomic E-state index is 14.3. The molecule has 5 rings (SSSR count). The van der Waals surface area contributed by atoms with Gasteiger partial charge in [-0.15, -0.1) is 0 Å². The Bertz CT molecular complexity index is 1730. The largest absolute Gasteiger partial charge is 0.377 e. The number of nitrogens with zero attached hydrogens (tertiary/aromatic N) is 4. The summed E-state index contributed by atoms with van der Waals surface area (Å²) >= 11 is -2.22. The Balaban J connectivity index is 1.43. The number of hydrogen-bond donors (Lipinski definition) is 3. The SMILES string of the molecule is COC1C=CC(CNC(=O)N(C(C)C)N(C)[C@H]2CN(Cc3cccc4ccccc34)C(=O)[C@H](Cc3ccc(NS(=O)O)cc3)N2C=O)=CC1. The van der Waals surface area contributed by atoms with E-state index in [4.69, 9.17) is 4.74 Å². The second-order valence-electron chi connectivity index (χ2n) is 12.5. The lowest BCUT2D eigenvalue weighted by Gasteiger charge is -2.50. The van der Waals surface area contributed by atoms with Gasteiger partial charge in [0.2, 0.25) is 12.3 Å². The number of anilines is 1. The molecule has 1 fully saturated rings. The molecule has 1 heterocycles. The zero-order valence-electron chi connectivity index (χ0n) is 28.2. The molecule has 3 aromatic carbocycles. The minimum Gasteiger partial charge on any atom is -0.377 e. The third-order valence-electron chi connectivity index (χ3n) is 8.99. The summed E-state index contributed by atoms with van der Waals surface area (Å²) in [6.07, 6.45) is 6.92. The predicted octanol–water partition coefficient (Wildman–Crippen LogP) is 4.29. The molecule has 1 aliphatic heterocycles. The molecule has 0 aromatic heterocycles. The van der Waals surface area contributed by atoms with Crippen LogP contribution in [-0.2, 0) is 38.6 Å². The van der Waals surface area contributed by atoms with E-state index in [1.165, 1.54) is 4.90 Å². The van der Waals surface area contributed by atoms with E-state index in [0.29, 0.717) is 25.2 Å². The molecule has 3 N–H and O–H groups in total. The number of hydrazine groups is 1. The van der Waals surface area contributed by atoms with Crippen molar-refractivity contribution in [3.05, 3.63) is 102 Å². The normalized spacial score (nSPS) is 20.0. The molecule has 3 aromatic rings. The van der Waals surface area contributed by atoms with Crippen molar-refractivity contribution in [3.63, 3.8) is 0 Å². The lowest BCUT2D eigenvalue weighted by atomic mass is 9.98. The fourth-order valence-electron chi connectivity index (χ4n) is 6.48. The van der Waals surface area contributed by atoms with E-state index in [0.717, 1.165) is 33.9 Å². The van der Waals surface area contributed by atoms with Gasteiger partial charge in [0.1, 0.15) is 12.2 Å². The van der Waals surface area contributed by atoms with Crippen molar-refractivity contribution in [2.24, 2.45) is 0 Å². The molecule has 12 nitrogen and oxygen atoms in total. The smallest absolute Gasteiger partial charge is 0.332 e. The lowest BCUT2D eigenvalue weighted by Crippen LogP contribution is -2.69. The van der Waals surface area contributed by atoms with Crippen molar-refractivity contribution in [2.75, 3.05) is 32.0 Å². The first-order valence-electron chi connectivity index (χ1n) is 16.2. The number of piperazine rings is 1. The molecule has 4 atom stereocenters. The van der Waals surface area contributed by atoms with Crippen LogP contribution in [0.1, 0.15) is 31.4 Å². The maximum absolute atomic E-state index is 14.3. The van der Waals surface area contributed by atoms with E-state index < -0.39 is 23.5 Å². The van der Waals surface area contributed by atoms with Crippen LogP contribution in [0.3, 0.4) is 0 Å². The highest BCUT2D eigenvalue weighted by Crippen LogP contribution is 2.27. The number of hydrogen-bond acceptors (Lipinski definition) is 6. The summed E-state index contributed by atoms with van der Waals surface area (Å²) in [4.78, 5) is 44.2. The van der Waals surface area contributed by atoms with E-state index in [1.54, 1.807) is 53.3 Å². The second-order valence-corrected chi connectivity index (χ2v) is 13.2. The number of fused-ring (bicyclic) bond motifs is 1. The van der Waals surface area contributed by atoms with Crippen molar-refractivity contribution < 1.29 is 27.9 Å². The zero-order valence-corrected chi connectivity index (χ0v) is 29.0. The number of ether oxygens (including phenoxy) is 1. The zero-order chi connectivity index (χ0) is 35.1. The Morgan fingerprint density at radius 2 is 1.86 bits per heavy atom. The molecule has 13 heteroatoms. The fourth-order valence-corrected chi connectivity index (χ4v) is 6.82. The van der Waals surface area contributed by atoms with Gasteiger partial charge in [0, 0.05) is 45.4 Å². The summed E-state index contributed by atoms with van der Waals surface area (Å²) in [6.45, 7) is 4.61. The number of carbonyl (C=O) groups excluding carboxylic acids is 3. The molecular formula is C36H44N6O6S. The predicted molar refractivity (Wildman–Crippen MR) is 190 cm³/mol. The van der Waals surface area contributed by atoms with E-state index in [9.17, 15) is 23.1 Å². The van der Waals surface area contributed by atoms with Crippen LogP contribution in [-0.4, -0.2) is 98.5 Å². The van der Waals surface area contributed by atoms with Crippen LogP contribution in [0.2, 0.25) is 0 Å². The van der Waals surface area contributed by atoms with Crippen LogP contribution in [0.25, 0.3) is 10.8 Å². The van der Waals surface area contributed by atoms with Gasteiger partial charge in [-0.05, 0) is 59.9 Å². The van der Waals surface area contributed by atoms with Gasteiger partial charge in [0.05, 0.1) is 12.6 Å². The average molecular weight is 689 g/mol. The molecule has 0 saturated carbocycles. The molecule has 0 radical (unpaired) electrons. The van der Waals surface area contributed by atoms with Crippen LogP contribution in [0.5, 0.6) is 0 Å².